The third-order valence-corrected chi connectivity index (χ3v) is 10.9. The van der Waals surface area contributed by atoms with Gasteiger partial charge in [0.2, 0.25) is 5.91 Å². The molecule has 3 saturated heterocycles. The molecule has 0 spiro atoms. The lowest BCUT2D eigenvalue weighted by Crippen LogP contribution is -2.69. The number of esters is 2. The predicted molar refractivity (Wildman–Crippen MR) is 231 cm³/mol. The van der Waals surface area contributed by atoms with E-state index < -0.39 is 134 Å². The van der Waals surface area contributed by atoms with Crippen LogP contribution in [-0.2, 0) is 75.0 Å². The van der Waals surface area contributed by atoms with Gasteiger partial charge < -0.3 is 78.2 Å². The van der Waals surface area contributed by atoms with Crippen LogP contribution in [0.4, 0.5) is 0 Å². The molecule has 0 saturated carbocycles. The molecule has 0 bridgehead atoms. The van der Waals surface area contributed by atoms with Crippen molar-refractivity contribution in [2.75, 3.05) is 26.4 Å². The molecule has 19 nitrogen and oxygen atoms in total. The van der Waals surface area contributed by atoms with Gasteiger partial charge >= 0.3 is 11.9 Å². The molecule has 0 aliphatic carbocycles. The number of aliphatic hydroxyl groups is 5. The van der Waals surface area contributed by atoms with E-state index in [0.717, 1.165) is 11.1 Å². The molecule has 0 aromatic heterocycles. The van der Waals surface area contributed by atoms with Crippen molar-refractivity contribution in [2.45, 2.75) is 154 Å². The Morgan fingerprint density at radius 1 is 0.606 bits per heavy atom. The summed E-state index contributed by atoms with van der Waals surface area (Å²) in [7, 11) is 0. The van der Waals surface area contributed by atoms with Crippen LogP contribution in [0.15, 0.2) is 73.3 Å². The minimum Gasteiger partial charge on any atom is -0.462 e. The summed E-state index contributed by atoms with van der Waals surface area (Å²) in [5.41, 5.74) is -0.262. The van der Waals surface area contributed by atoms with E-state index in [1.54, 1.807) is 41.5 Å². The maximum atomic E-state index is 12.8. The monoisotopic (exact) mass is 933 g/mol. The first-order valence-corrected chi connectivity index (χ1v) is 22.0. The van der Waals surface area contributed by atoms with Crippen molar-refractivity contribution in [3.05, 3.63) is 84.4 Å². The summed E-state index contributed by atoms with van der Waals surface area (Å²) in [6.07, 6.45) is -20.6. The van der Waals surface area contributed by atoms with Crippen LogP contribution in [0.2, 0.25) is 0 Å². The van der Waals surface area contributed by atoms with Crippen molar-refractivity contribution >= 4 is 17.8 Å². The fourth-order valence-corrected chi connectivity index (χ4v) is 7.27. The van der Waals surface area contributed by atoms with E-state index in [1.165, 1.54) is 13.0 Å². The van der Waals surface area contributed by atoms with Gasteiger partial charge in [-0.05, 0) is 52.7 Å². The van der Waals surface area contributed by atoms with Gasteiger partial charge in [0.25, 0.3) is 0 Å². The Kier molecular flexibility index (Phi) is 19.2. The second-order valence-corrected chi connectivity index (χ2v) is 18.6. The predicted octanol–water partition coefficient (Wildman–Crippen LogP) is 1.42. The molecule has 0 radical (unpaired) electrons. The highest BCUT2D eigenvalue weighted by Gasteiger charge is 2.55. The fraction of sp³-hybridized carbons (Fsp3) is 0.638. The third kappa shape index (κ3) is 14.3. The van der Waals surface area contributed by atoms with Gasteiger partial charge in [-0.3, -0.25) is 14.4 Å². The van der Waals surface area contributed by atoms with Crippen molar-refractivity contribution in [1.29, 1.82) is 0 Å². The summed E-state index contributed by atoms with van der Waals surface area (Å²) in [5.74, 6) is -1.77. The number of rotatable bonds is 19. The van der Waals surface area contributed by atoms with Crippen molar-refractivity contribution < 1.29 is 87.3 Å². The molecule has 1 amide bonds. The smallest absolute Gasteiger partial charge is 0.311 e. The zero-order valence-corrected chi connectivity index (χ0v) is 38.5. The topological polar surface area (TPSA) is 257 Å². The summed E-state index contributed by atoms with van der Waals surface area (Å²) < 4.78 is 60.8. The van der Waals surface area contributed by atoms with Crippen molar-refractivity contribution in [1.82, 2.24) is 5.32 Å². The van der Waals surface area contributed by atoms with Gasteiger partial charge in [-0.1, -0.05) is 66.7 Å². The fourth-order valence-electron chi connectivity index (χ4n) is 7.27. The maximum absolute atomic E-state index is 12.8. The Bertz CT molecular complexity index is 1840. The highest BCUT2D eigenvalue weighted by molar-refractivity contribution is 5.75. The first-order valence-electron chi connectivity index (χ1n) is 22.0. The van der Waals surface area contributed by atoms with Crippen LogP contribution in [0.25, 0.3) is 0 Å². The Labute approximate surface area is 385 Å². The van der Waals surface area contributed by atoms with Gasteiger partial charge in [0, 0.05) is 6.92 Å². The number of nitrogens with one attached hydrogen (secondary N) is 1. The summed E-state index contributed by atoms with van der Waals surface area (Å²) in [4.78, 5) is 38.2. The van der Waals surface area contributed by atoms with Gasteiger partial charge in [0.05, 0.1) is 37.3 Å². The number of carbonyl (C=O) groups excluding carboxylic acids is 3. The highest BCUT2D eigenvalue weighted by Crippen LogP contribution is 2.35. The molecule has 5 rings (SSSR count). The molecule has 368 valence electrons. The SMILES string of the molecule is C=CCO[C@@H]1O[C@H](COC(=O)C(C)(C)C)[C@H](O)[C@H](O[C@@H]2O[C@H](COCc3ccccc3)[C@@H](OCc3ccccc3)[C@H](O[C@@H]3O[C@H](COC(=O)C(C)(C)C)[C@H](O)[C@H](O)[C@H]3O)[C@H]2O)[C@H]1NC(C)=O. The van der Waals surface area contributed by atoms with Crippen molar-refractivity contribution in [2.24, 2.45) is 10.8 Å². The lowest BCUT2D eigenvalue weighted by molar-refractivity contribution is -0.378. The summed E-state index contributed by atoms with van der Waals surface area (Å²) in [6, 6.07) is 17.1. The average Bonchev–Trinajstić information content (AvgIpc) is 3.27. The third-order valence-electron chi connectivity index (χ3n) is 10.9. The van der Waals surface area contributed by atoms with Crippen LogP contribution in [0.3, 0.4) is 0 Å². The lowest BCUT2D eigenvalue weighted by atomic mass is 9.94. The van der Waals surface area contributed by atoms with Gasteiger partial charge in [-0.25, -0.2) is 0 Å². The average molecular weight is 934 g/mol. The van der Waals surface area contributed by atoms with Gasteiger partial charge in [0.1, 0.15) is 86.4 Å². The van der Waals surface area contributed by atoms with Crippen LogP contribution in [0, 0.1) is 10.8 Å². The van der Waals surface area contributed by atoms with Crippen LogP contribution in [-0.4, -0.2) is 162 Å². The van der Waals surface area contributed by atoms with E-state index in [9.17, 15) is 39.9 Å². The number of hydrogen-bond donors (Lipinski definition) is 6. The van der Waals surface area contributed by atoms with Crippen LogP contribution in [0.1, 0.15) is 59.6 Å². The largest absolute Gasteiger partial charge is 0.462 e. The molecule has 3 aliphatic rings. The molecular weight excluding hydrogens is 867 g/mol. The second-order valence-electron chi connectivity index (χ2n) is 18.6. The van der Waals surface area contributed by atoms with Crippen LogP contribution in [0.5, 0.6) is 0 Å². The highest BCUT2D eigenvalue weighted by atomic mass is 16.8. The first-order chi connectivity index (χ1) is 31.2. The molecule has 2 aromatic rings. The minimum absolute atomic E-state index is 0.0382. The minimum atomic E-state index is -1.91. The van der Waals surface area contributed by atoms with E-state index in [4.69, 9.17) is 47.4 Å². The van der Waals surface area contributed by atoms with E-state index in [-0.39, 0.29) is 26.4 Å². The molecule has 3 fully saturated rings. The molecule has 3 aliphatic heterocycles. The van der Waals surface area contributed by atoms with E-state index in [2.05, 4.69) is 11.9 Å². The van der Waals surface area contributed by atoms with Crippen molar-refractivity contribution in [3.63, 3.8) is 0 Å². The number of benzene rings is 2. The number of carbonyl (C=O) groups is 3. The lowest BCUT2D eigenvalue weighted by Gasteiger charge is -2.50. The maximum Gasteiger partial charge on any atom is 0.311 e. The molecule has 2 aromatic carbocycles. The molecule has 3 heterocycles. The van der Waals surface area contributed by atoms with E-state index >= 15 is 0 Å². The van der Waals surface area contributed by atoms with Crippen LogP contribution >= 0.6 is 0 Å². The number of hydrogen-bond acceptors (Lipinski definition) is 18. The Hall–Kier alpha value is -3.93. The van der Waals surface area contributed by atoms with Crippen LogP contribution < -0.4 is 5.32 Å². The summed E-state index contributed by atoms with van der Waals surface area (Å²) in [5, 5.41) is 60.3. The molecular formula is C47H67NO18. The summed E-state index contributed by atoms with van der Waals surface area (Å²) >= 11 is 0. The van der Waals surface area contributed by atoms with Gasteiger partial charge in [-0.2, -0.15) is 0 Å². The van der Waals surface area contributed by atoms with E-state index in [1.807, 2.05) is 60.7 Å². The van der Waals surface area contributed by atoms with E-state index in [0.29, 0.717) is 0 Å². The summed E-state index contributed by atoms with van der Waals surface area (Å²) in [6.45, 7) is 13.6. The molecule has 0 unspecified atom stereocenters. The quantitative estimate of drug-likeness (QED) is 0.0860. The number of ether oxygens (including phenoxy) is 10. The molecule has 19 heteroatoms. The molecule has 6 N–H and O–H groups in total. The first kappa shape index (κ1) is 53.0. The Balaban J connectivity index is 1.52. The number of amides is 1. The molecule has 15 atom stereocenters. The van der Waals surface area contributed by atoms with Gasteiger partial charge in [-0.15, -0.1) is 6.58 Å². The molecule has 66 heavy (non-hydrogen) atoms. The zero-order chi connectivity index (χ0) is 48.3. The Morgan fingerprint density at radius 2 is 1.11 bits per heavy atom. The van der Waals surface area contributed by atoms with Crippen molar-refractivity contribution in [3.8, 4) is 0 Å². The normalized spacial score (nSPS) is 32.8. The second kappa shape index (κ2) is 23.9. The zero-order valence-electron chi connectivity index (χ0n) is 38.5. The van der Waals surface area contributed by atoms with Gasteiger partial charge in [0.15, 0.2) is 18.9 Å². The number of aliphatic hydroxyl groups excluding tert-OH is 5. The standard InChI is InChI=1S/C47H67NO18/c1-9-20-58-41-32(48-26(2)49)39(34(51)30(62-41)25-61-45(56)47(6,7)8)65-43-37(54)40(66-42-36(53)35(52)33(50)29(63-42)24-60-44(55)46(3,4)5)38(59-22-28-18-14-11-15-19-28)31(64-43)23-57-21-27-16-12-10-13-17-27/h9-19,29-43,50-54H,1,20-25H2,2-8H3,(H,48,49)/t29-,30-,31-,32-,33+,34+,35+,36-,37-,38-,39-,40-,41-,42+,43+/m1/s1. The Morgan fingerprint density at radius 3 is 1.65 bits per heavy atom.